The van der Waals surface area contributed by atoms with Gasteiger partial charge in [0, 0.05) is 25.6 Å². The zero-order valence-corrected chi connectivity index (χ0v) is 18.1. The summed E-state index contributed by atoms with van der Waals surface area (Å²) in [7, 11) is 4.36. The van der Waals surface area contributed by atoms with Crippen LogP contribution in [0, 0.1) is 5.92 Å². The van der Waals surface area contributed by atoms with E-state index in [0.717, 1.165) is 19.4 Å². The van der Waals surface area contributed by atoms with E-state index in [4.69, 9.17) is 0 Å². The summed E-state index contributed by atoms with van der Waals surface area (Å²) < 4.78 is 0. The van der Waals surface area contributed by atoms with Crippen LogP contribution in [0.3, 0.4) is 0 Å². The average molecular weight is 401 g/mol. The van der Waals surface area contributed by atoms with Crippen molar-refractivity contribution < 1.29 is 4.79 Å². The van der Waals surface area contributed by atoms with Crippen LogP contribution in [-0.2, 0) is 11.3 Å². The Kier molecular flexibility index (Phi) is 8.53. The molecular weight excluding hydrogens is 368 g/mol. The molecule has 0 saturated heterocycles. The maximum absolute atomic E-state index is 12.3. The molecule has 28 heavy (non-hydrogen) atoms. The summed E-state index contributed by atoms with van der Waals surface area (Å²) in [6, 6.07) is 22.0. The molecule has 1 saturated carbocycles. The Balaban J connectivity index is 0.00000280. The lowest BCUT2D eigenvalue weighted by Gasteiger charge is -2.41. The van der Waals surface area contributed by atoms with E-state index >= 15 is 0 Å². The fraction of sp³-hybridized carbons (Fsp3) is 0.458. The zero-order valence-electron chi connectivity index (χ0n) is 17.3. The van der Waals surface area contributed by atoms with Crippen LogP contribution in [0.2, 0.25) is 0 Å². The molecule has 0 aliphatic heterocycles. The summed E-state index contributed by atoms with van der Waals surface area (Å²) in [4.78, 5) is 16.7. The van der Waals surface area contributed by atoms with Crippen molar-refractivity contribution in [3.8, 4) is 0 Å². The van der Waals surface area contributed by atoms with E-state index < -0.39 is 0 Å². The highest BCUT2D eigenvalue weighted by molar-refractivity contribution is 5.85. The number of nitrogens with zero attached hydrogens (tertiary/aromatic N) is 2. The van der Waals surface area contributed by atoms with E-state index in [9.17, 15) is 4.79 Å². The Bertz CT molecular complexity index is 712. The Hall–Kier alpha value is -1.84. The van der Waals surface area contributed by atoms with Crippen molar-refractivity contribution in [1.82, 2.24) is 9.80 Å². The van der Waals surface area contributed by atoms with Gasteiger partial charge in [0.1, 0.15) is 0 Å². The van der Waals surface area contributed by atoms with Crippen LogP contribution in [0.5, 0.6) is 0 Å². The minimum atomic E-state index is 0. The van der Waals surface area contributed by atoms with Gasteiger partial charge in [-0.1, -0.05) is 60.7 Å². The van der Waals surface area contributed by atoms with Gasteiger partial charge in [0.2, 0.25) is 5.91 Å². The molecule has 152 valence electrons. The molecule has 0 aromatic heterocycles. The van der Waals surface area contributed by atoms with E-state index in [1.807, 2.05) is 18.2 Å². The highest BCUT2D eigenvalue weighted by Gasteiger charge is 2.32. The number of rotatable bonds is 6. The molecule has 3 rings (SSSR count). The number of hydrogen-bond acceptors (Lipinski definition) is 2. The van der Waals surface area contributed by atoms with E-state index in [2.05, 4.69) is 66.4 Å². The normalized spacial score (nSPS) is 20.3. The second kappa shape index (κ2) is 10.6. The van der Waals surface area contributed by atoms with Crippen LogP contribution in [0.4, 0.5) is 0 Å². The number of carbonyl (C=O) groups is 1. The monoisotopic (exact) mass is 400 g/mol. The van der Waals surface area contributed by atoms with Gasteiger partial charge in [-0.3, -0.25) is 4.79 Å². The van der Waals surface area contributed by atoms with Crippen molar-refractivity contribution in [1.29, 1.82) is 0 Å². The first-order valence-corrected chi connectivity index (χ1v) is 10.1. The molecule has 1 atom stereocenters. The quantitative estimate of drug-likeness (QED) is 0.655. The standard InChI is InChI=1S/C24H32N2O.ClH/c1-19(27)26(18-20-10-6-4-7-11-20)23-16-14-22(15-17-23)24(25(2)3)21-12-8-5-9-13-21;/h4-13,22-24H,14-18H2,1-3H3;1H. The lowest BCUT2D eigenvalue weighted by atomic mass is 9.78. The Morgan fingerprint density at radius 2 is 1.46 bits per heavy atom. The molecule has 2 aromatic carbocycles. The highest BCUT2D eigenvalue weighted by Crippen LogP contribution is 2.38. The number of hydrogen-bond donors (Lipinski definition) is 0. The molecule has 1 amide bonds. The molecule has 3 nitrogen and oxygen atoms in total. The maximum atomic E-state index is 12.3. The number of halogens is 1. The van der Waals surface area contributed by atoms with Crippen molar-refractivity contribution in [3.05, 3.63) is 71.8 Å². The Morgan fingerprint density at radius 1 is 0.929 bits per heavy atom. The summed E-state index contributed by atoms with van der Waals surface area (Å²) in [5.41, 5.74) is 2.61. The van der Waals surface area contributed by atoms with Crippen LogP contribution in [0.1, 0.15) is 49.8 Å². The van der Waals surface area contributed by atoms with Gasteiger partial charge in [0.15, 0.2) is 0 Å². The molecule has 1 fully saturated rings. The molecule has 0 radical (unpaired) electrons. The zero-order chi connectivity index (χ0) is 19.2. The van der Waals surface area contributed by atoms with Crippen molar-refractivity contribution in [3.63, 3.8) is 0 Å². The fourth-order valence-electron chi connectivity index (χ4n) is 4.65. The molecule has 1 aliphatic rings. The Labute approximate surface area is 176 Å². The molecule has 0 spiro atoms. The summed E-state index contributed by atoms with van der Waals surface area (Å²) in [5, 5.41) is 0. The summed E-state index contributed by atoms with van der Waals surface area (Å²) in [6.45, 7) is 2.43. The van der Waals surface area contributed by atoms with Gasteiger partial charge >= 0.3 is 0 Å². The SMILES string of the molecule is CC(=O)N(Cc1ccccc1)C1CCC(C(c2ccccc2)N(C)C)CC1.Cl. The first-order valence-electron chi connectivity index (χ1n) is 10.1. The molecule has 0 heterocycles. The maximum Gasteiger partial charge on any atom is 0.219 e. The molecule has 1 unspecified atom stereocenters. The van der Waals surface area contributed by atoms with Gasteiger partial charge in [0.05, 0.1) is 0 Å². The van der Waals surface area contributed by atoms with Crippen LogP contribution in [0.25, 0.3) is 0 Å². The van der Waals surface area contributed by atoms with Crippen molar-refractivity contribution in [2.24, 2.45) is 5.92 Å². The van der Waals surface area contributed by atoms with Gasteiger partial charge in [-0.25, -0.2) is 0 Å². The predicted molar refractivity (Wildman–Crippen MR) is 119 cm³/mol. The third-order valence-corrected chi connectivity index (χ3v) is 5.93. The summed E-state index contributed by atoms with van der Waals surface area (Å²) in [6.07, 6.45) is 4.52. The van der Waals surface area contributed by atoms with Crippen molar-refractivity contribution in [2.75, 3.05) is 14.1 Å². The smallest absolute Gasteiger partial charge is 0.219 e. The topological polar surface area (TPSA) is 23.6 Å². The third-order valence-electron chi connectivity index (χ3n) is 5.93. The van der Waals surface area contributed by atoms with Gasteiger partial charge < -0.3 is 9.80 Å². The van der Waals surface area contributed by atoms with E-state index in [-0.39, 0.29) is 18.3 Å². The van der Waals surface area contributed by atoms with Gasteiger partial charge in [0.25, 0.3) is 0 Å². The second-order valence-electron chi connectivity index (χ2n) is 8.02. The van der Waals surface area contributed by atoms with Gasteiger partial charge in [-0.05, 0) is 56.8 Å². The first-order chi connectivity index (χ1) is 13.1. The van der Waals surface area contributed by atoms with E-state index in [1.165, 1.54) is 24.0 Å². The summed E-state index contributed by atoms with van der Waals surface area (Å²) in [5.74, 6) is 0.832. The predicted octanol–water partition coefficient (Wildman–Crippen LogP) is 5.32. The Morgan fingerprint density at radius 3 is 1.96 bits per heavy atom. The number of carbonyl (C=O) groups excluding carboxylic acids is 1. The number of benzene rings is 2. The molecule has 2 aromatic rings. The molecule has 0 bridgehead atoms. The van der Waals surface area contributed by atoms with Gasteiger partial charge in [-0.2, -0.15) is 0 Å². The second-order valence-corrected chi connectivity index (χ2v) is 8.02. The summed E-state index contributed by atoms with van der Waals surface area (Å²) >= 11 is 0. The van der Waals surface area contributed by atoms with Gasteiger partial charge in [-0.15, -0.1) is 12.4 Å². The fourth-order valence-corrected chi connectivity index (χ4v) is 4.65. The first kappa shape index (κ1) is 22.4. The van der Waals surface area contributed by atoms with Crippen LogP contribution in [-0.4, -0.2) is 35.8 Å². The highest BCUT2D eigenvalue weighted by atomic mass is 35.5. The lowest BCUT2D eigenvalue weighted by molar-refractivity contribution is -0.132. The van der Waals surface area contributed by atoms with E-state index in [0.29, 0.717) is 18.0 Å². The van der Waals surface area contributed by atoms with Crippen LogP contribution in [0.15, 0.2) is 60.7 Å². The average Bonchev–Trinajstić information content (AvgIpc) is 2.68. The largest absolute Gasteiger partial charge is 0.336 e. The molecule has 0 N–H and O–H groups in total. The van der Waals surface area contributed by atoms with E-state index in [1.54, 1.807) is 6.92 Å². The molecular formula is C24H33ClN2O. The number of amides is 1. The van der Waals surface area contributed by atoms with Crippen LogP contribution < -0.4 is 0 Å². The third kappa shape index (κ3) is 5.59. The lowest BCUT2D eigenvalue weighted by Crippen LogP contribution is -2.42. The van der Waals surface area contributed by atoms with Crippen molar-refractivity contribution in [2.45, 2.75) is 51.2 Å². The minimum absolute atomic E-state index is 0. The minimum Gasteiger partial charge on any atom is -0.336 e. The van der Waals surface area contributed by atoms with Crippen LogP contribution >= 0.6 is 12.4 Å². The molecule has 4 heteroatoms. The molecule has 1 aliphatic carbocycles. The van der Waals surface area contributed by atoms with Crippen molar-refractivity contribution >= 4 is 18.3 Å².